The average Bonchev–Trinajstić information content (AvgIpc) is 3.56. The van der Waals surface area contributed by atoms with Gasteiger partial charge in [0.1, 0.15) is 11.6 Å². The van der Waals surface area contributed by atoms with Gasteiger partial charge in [-0.25, -0.2) is 4.39 Å². The number of carbonyl (C=O) groups is 1. The first-order valence-corrected chi connectivity index (χ1v) is 10.6. The second kappa shape index (κ2) is 9.08. The van der Waals surface area contributed by atoms with Crippen LogP contribution in [0.4, 0.5) is 4.39 Å². The van der Waals surface area contributed by atoms with E-state index in [0.29, 0.717) is 5.92 Å². The van der Waals surface area contributed by atoms with Gasteiger partial charge < -0.3 is 10.2 Å². The maximum atomic E-state index is 13.6. The minimum absolute atomic E-state index is 0.0244. The van der Waals surface area contributed by atoms with Gasteiger partial charge in [-0.1, -0.05) is 42.5 Å². The van der Waals surface area contributed by atoms with Crippen LogP contribution >= 0.6 is 0 Å². The maximum absolute atomic E-state index is 13.6. The molecule has 1 heterocycles. The minimum atomic E-state index is -0.894. The van der Waals surface area contributed by atoms with Gasteiger partial charge in [-0.3, -0.25) is 9.78 Å². The molecule has 5 heteroatoms. The van der Waals surface area contributed by atoms with Crippen molar-refractivity contribution >= 4 is 22.8 Å². The summed E-state index contributed by atoms with van der Waals surface area (Å²) in [4.78, 5) is 16.1. The Labute approximate surface area is 181 Å². The largest absolute Gasteiger partial charge is 0.393 e. The van der Waals surface area contributed by atoms with Crippen LogP contribution in [-0.2, 0) is 4.79 Å². The quantitative estimate of drug-likeness (QED) is 0.538. The van der Waals surface area contributed by atoms with Gasteiger partial charge in [0, 0.05) is 35.3 Å². The number of rotatable bonds is 8. The number of nitrogens with zero attached hydrogens (tertiary/aromatic N) is 1. The van der Waals surface area contributed by atoms with Crippen molar-refractivity contribution in [2.75, 3.05) is 0 Å². The summed E-state index contributed by atoms with van der Waals surface area (Å²) in [5.74, 6) is -0.0440. The van der Waals surface area contributed by atoms with Gasteiger partial charge in [0.2, 0.25) is 0 Å². The molecule has 0 bridgehead atoms. The fourth-order valence-electron chi connectivity index (χ4n) is 3.99. The van der Waals surface area contributed by atoms with E-state index in [1.165, 1.54) is 19.1 Å². The second-order valence-corrected chi connectivity index (χ2v) is 8.31. The number of benzene rings is 2. The second-order valence-electron chi connectivity index (χ2n) is 8.31. The van der Waals surface area contributed by atoms with E-state index in [2.05, 4.69) is 0 Å². The molecule has 0 radical (unpaired) electrons. The number of aromatic nitrogens is 1. The van der Waals surface area contributed by atoms with Crippen LogP contribution in [0.2, 0.25) is 0 Å². The van der Waals surface area contributed by atoms with E-state index in [-0.39, 0.29) is 24.4 Å². The summed E-state index contributed by atoms with van der Waals surface area (Å²) < 4.78 is 13.6. The van der Waals surface area contributed by atoms with Crippen molar-refractivity contribution in [3.63, 3.8) is 0 Å². The van der Waals surface area contributed by atoms with Gasteiger partial charge in [0.05, 0.1) is 23.4 Å². The Hall–Kier alpha value is -2.89. The molecule has 31 heavy (non-hydrogen) atoms. The molecule has 1 fully saturated rings. The lowest BCUT2D eigenvalue weighted by molar-refractivity contribution is -0.119. The molecule has 1 aromatic heterocycles. The predicted molar refractivity (Wildman–Crippen MR) is 120 cm³/mol. The van der Waals surface area contributed by atoms with E-state index in [1.54, 1.807) is 18.2 Å². The van der Waals surface area contributed by atoms with Crippen LogP contribution in [0.25, 0.3) is 28.1 Å². The number of hydrogen-bond donors (Lipinski definition) is 2. The fraction of sp³-hybridized carbons (Fsp3) is 0.308. The summed E-state index contributed by atoms with van der Waals surface area (Å²) in [5, 5.41) is 21.4. The Kier molecular flexibility index (Phi) is 6.25. The van der Waals surface area contributed by atoms with Crippen molar-refractivity contribution in [2.24, 2.45) is 0 Å². The van der Waals surface area contributed by atoms with E-state index in [0.717, 1.165) is 46.1 Å². The number of hydrogen-bond acceptors (Lipinski definition) is 4. The molecule has 3 aromatic rings. The number of pyridine rings is 1. The van der Waals surface area contributed by atoms with Crippen LogP contribution in [0.5, 0.6) is 0 Å². The number of halogens is 1. The first kappa shape index (κ1) is 21.3. The van der Waals surface area contributed by atoms with E-state index in [4.69, 9.17) is 4.98 Å². The topological polar surface area (TPSA) is 70.4 Å². The molecule has 0 saturated heterocycles. The van der Waals surface area contributed by atoms with Gasteiger partial charge in [-0.05, 0) is 43.5 Å². The van der Waals surface area contributed by atoms with Crippen LogP contribution in [0.1, 0.15) is 49.8 Å². The number of para-hydroxylation sites is 1. The van der Waals surface area contributed by atoms with Gasteiger partial charge in [-0.15, -0.1) is 0 Å². The number of aliphatic hydroxyl groups is 2. The fourth-order valence-corrected chi connectivity index (χ4v) is 3.99. The molecule has 2 aromatic carbocycles. The lowest BCUT2D eigenvalue weighted by atomic mass is 9.92. The van der Waals surface area contributed by atoms with Crippen molar-refractivity contribution in [3.8, 4) is 11.1 Å². The average molecular weight is 419 g/mol. The molecule has 160 valence electrons. The molecule has 1 aliphatic carbocycles. The van der Waals surface area contributed by atoms with Crippen molar-refractivity contribution < 1.29 is 19.4 Å². The lowest BCUT2D eigenvalue weighted by Crippen LogP contribution is -2.18. The van der Waals surface area contributed by atoms with Crippen LogP contribution < -0.4 is 0 Å². The Bertz CT molecular complexity index is 1120. The first-order valence-electron chi connectivity index (χ1n) is 10.6. The molecule has 4 rings (SSSR count). The summed E-state index contributed by atoms with van der Waals surface area (Å²) in [6, 6.07) is 14.3. The van der Waals surface area contributed by atoms with E-state index in [1.807, 2.05) is 30.3 Å². The number of aliphatic hydroxyl groups excluding tert-OH is 2. The zero-order valence-corrected chi connectivity index (χ0v) is 17.5. The Morgan fingerprint density at radius 2 is 1.87 bits per heavy atom. The van der Waals surface area contributed by atoms with Crippen molar-refractivity contribution in [2.45, 2.75) is 50.7 Å². The molecular weight excluding hydrogens is 393 g/mol. The molecule has 4 nitrogen and oxygen atoms in total. The number of carbonyl (C=O) groups excluding carboxylic acids is 1. The molecule has 0 spiro atoms. The highest BCUT2D eigenvalue weighted by molar-refractivity contribution is 5.99. The van der Waals surface area contributed by atoms with Crippen molar-refractivity contribution in [3.05, 3.63) is 71.7 Å². The number of ketones is 1. The smallest absolute Gasteiger partial charge is 0.132 e. The Morgan fingerprint density at radius 3 is 2.55 bits per heavy atom. The van der Waals surface area contributed by atoms with Crippen LogP contribution in [0, 0.1) is 5.82 Å². The lowest BCUT2D eigenvalue weighted by Gasteiger charge is -2.16. The maximum Gasteiger partial charge on any atom is 0.132 e. The van der Waals surface area contributed by atoms with Gasteiger partial charge in [0.25, 0.3) is 0 Å². The van der Waals surface area contributed by atoms with E-state index >= 15 is 0 Å². The van der Waals surface area contributed by atoms with Crippen molar-refractivity contribution in [1.82, 2.24) is 4.98 Å². The summed E-state index contributed by atoms with van der Waals surface area (Å²) >= 11 is 0. The van der Waals surface area contributed by atoms with E-state index in [9.17, 15) is 19.4 Å². The third kappa shape index (κ3) is 5.06. The molecule has 1 aliphatic rings. The highest BCUT2D eigenvalue weighted by Crippen LogP contribution is 2.45. The first-order chi connectivity index (χ1) is 14.9. The van der Waals surface area contributed by atoms with Gasteiger partial charge in [0.15, 0.2) is 0 Å². The highest BCUT2D eigenvalue weighted by Gasteiger charge is 2.29. The molecular formula is C26H26FNO3. The highest BCUT2D eigenvalue weighted by atomic mass is 19.1. The SMILES string of the molecule is CC(=O)C[C@H](O)C[C@H](O)/C=C/c1c(C2CC2)nc2ccccc2c1-c1ccc(F)cc1. The number of fused-ring (bicyclic) bond motifs is 1. The summed E-state index contributed by atoms with van der Waals surface area (Å²) in [6.45, 7) is 1.42. The molecule has 2 atom stereocenters. The molecule has 2 N–H and O–H groups in total. The third-order valence-electron chi connectivity index (χ3n) is 5.58. The molecule has 1 saturated carbocycles. The number of Topliss-reactive ketones (excluding diaryl/α,β-unsaturated/α-hetero) is 1. The Morgan fingerprint density at radius 1 is 1.16 bits per heavy atom. The molecule has 0 amide bonds. The zero-order chi connectivity index (χ0) is 22.0. The summed E-state index contributed by atoms with van der Waals surface area (Å²) in [7, 11) is 0. The normalized spacial score (nSPS) is 16.0. The van der Waals surface area contributed by atoms with Crippen molar-refractivity contribution in [1.29, 1.82) is 0 Å². The van der Waals surface area contributed by atoms with Crippen LogP contribution in [0.3, 0.4) is 0 Å². The third-order valence-corrected chi connectivity index (χ3v) is 5.58. The summed E-state index contributed by atoms with van der Waals surface area (Å²) in [5.41, 5.74) is 4.62. The molecule has 0 unspecified atom stereocenters. The standard InChI is InChI=1S/C26H26FNO3/c1-16(29)14-21(31)15-20(30)12-13-23-25(17-8-10-19(27)11-9-17)22-4-2-3-5-24(22)28-26(23)18-6-7-18/h2-5,8-13,18,20-21,30-31H,6-7,14-15H2,1H3/b13-12+/t20-,21+/m1/s1. The molecule has 0 aliphatic heterocycles. The monoisotopic (exact) mass is 419 g/mol. The van der Waals surface area contributed by atoms with E-state index < -0.39 is 12.2 Å². The summed E-state index contributed by atoms with van der Waals surface area (Å²) in [6.07, 6.45) is 3.97. The predicted octanol–water partition coefficient (Wildman–Crippen LogP) is 5.02. The van der Waals surface area contributed by atoms with Gasteiger partial charge >= 0.3 is 0 Å². The zero-order valence-electron chi connectivity index (χ0n) is 17.5. The van der Waals surface area contributed by atoms with Crippen LogP contribution in [-0.4, -0.2) is 33.2 Å². The Balaban J connectivity index is 1.79. The van der Waals surface area contributed by atoms with Gasteiger partial charge in [-0.2, -0.15) is 0 Å². The van der Waals surface area contributed by atoms with Crippen LogP contribution in [0.15, 0.2) is 54.6 Å². The minimum Gasteiger partial charge on any atom is -0.393 e.